The van der Waals surface area contributed by atoms with E-state index in [1.165, 1.54) is 7.11 Å². The van der Waals surface area contributed by atoms with Crippen molar-refractivity contribution >= 4 is 34.7 Å². The first kappa shape index (κ1) is 21.7. The van der Waals surface area contributed by atoms with Gasteiger partial charge in [-0.3, -0.25) is 4.79 Å². The SMILES string of the molecule is CCOC(=O)/C=C/C(=O)OCC(=O)N[C@H](Cc1c[nH]c2ccccc12)C(=O)OC. The Morgan fingerprint density at radius 1 is 1.10 bits per heavy atom. The van der Waals surface area contributed by atoms with Gasteiger partial charge in [0, 0.05) is 35.7 Å². The molecular formula is C20H22N2O7. The van der Waals surface area contributed by atoms with Gasteiger partial charge in [0.1, 0.15) is 6.04 Å². The summed E-state index contributed by atoms with van der Waals surface area (Å²) in [6.45, 7) is 1.18. The number of amides is 1. The standard InChI is InChI=1S/C20H22N2O7/c1-3-28-18(24)8-9-19(25)29-12-17(23)22-16(20(26)27-2)10-13-11-21-15-7-5-4-6-14(13)15/h4-9,11,16,21H,3,10,12H2,1-2H3,(H,22,23)/b9-8+/t16-/m1/s1. The molecule has 0 spiro atoms. The van der Waals surface area contributed by atoms with E-state index in [4.69, 9.17) is 9.47 Å². The number of H-pyrrole nitrogens is 1. The smallest absolute Gasteiger partial charge is 0.331 e. The largest absolute Gasteiger partial charge is 0.467 e. The van der Waals surface area contributed by atoms with Gasteiger partial charge in [0.15, 0.2) is 6.61 Å². The molecule has 0 saturated carbocycles. The lowest BCUT2D eigenvalue weighted by molar-refractivity contribution is -0.148. The van der Waals surface area contributed by atoms with E-state index in [0.717, 1.165) is 28.6 Å². The first-order chi connectivity index (χ1) is 13.9. The van der Waals surface area contributed by atoms with Crippen LogP contribution in [-0.2, 0) is 39.8 Å². The minimum Gasteiger partial charge on any atom is -0.467 e. The van der Waals surface area contributed by atoms with Crippen molar-refractivity contribution in [2.24, 2.45) is 0 Å². The predicted molar refractivity (Wildman–Crippen MR) is 103 cm³/mol. The van der Waals surface area contributed by atoms with Crippen LogP contribution in [0.1, 0.15) is 12.5 Å². The third-order valence-electron chi connectivity index (χ3n) is 3.91. The van der Waals surface area contributed by atoms with Crippen LogP contribution in [0.5, 0.6) is 0 Å². The number of para-hydroxylation sites is 1. The lowest BCUT2D eigenvalue weighted by Gasteiger charge is -2.16. The Morgan fingerprint density at radius 3 is 2.48 bits per heavy atom. The Kier molecular flexibility index (Phi) is 7.96. The number of carbonyl (C=O) groups is 4. The summed E-state index contributed by atoms with van der Waals surface area (Å²) in [5, 5.41) is 3.41. The summed E-state index contributed by atoms with van der Waals surface area (Å²) in [7, 11) is 1.22. The van der Waals surface area contributed by atoms with Crippen molar-refractivity contribution in [2.45, 2.75) is 19.4 Å². The maximum absolute atomic E-state index is 12.1. The molecule has 2 aromatic rings. The minimum absolute atomic E-state index is 0.173. The molecular weight excluding hydrogens is 380 g/mol. The summed E-state index contributed by atoms with van der Waals surface area (Å²) in [5.41, 5.74) is 1.73. The molecule has 0 aliphatic heterocycles. The van der Waals surface area contributed by atoms with Crippen LogP contribution in [0.25, 0.3) is 10.9 Å². The second-order valence-corrected chi connectivity index (χ2v) is 5.90. The van der Waals surface area contributed by atoms with E-state index in [2.05, 4.69) is 15.0 Å². The third-order valence-corrected chi connectivity index (χ3v) is 3.91. The van der Waals surface area contributed by atoms with Crippen LogP contribution in [0.4, 0.5) is 0 Å². The highest BCUT2D eigenvalue weighted by Crippen LogP contribution is 2.19. The molecule has 154 valence electrons. The van der Waals surface area contributed by atoms with Crippen molar-refractivity contribution in [1.29, 1.82) is 0 Å². The number of aromatic nitrogens is 1. The molecule has 0 saturated heterocycles. The van der Waals surface area contributed by atoms with Gasteiger partial charge in [0.25, 0.3) is 5.91 Å². The Morgan fingerprint density at radius 2 is 1.79 bits per heavy atom. The number of methoxy groups -OCH3 is 1. The van der Waals surface area contributed by atoms with Crippen LogP contribution in [-0.4, -0.2) is 55.2 Å². The summed E-state index contributed by atoms with van der Waals surface area (Å²) in [6.07, 6.45) is 3.71. The molecule has 0 radical (unpaired) electrons. The van der Waals surface area contributed by atoms with Crippen LogP contribution in [0.2, 0.25) is 0 Å². The molecule has 29 heavy (non-hydrogen) atoms. The van der Waals surface area contributed by atoms with Crippen molar-refractivity contribution in [2.75, 3.05) is 20.3 Å². The van der Waals surface area contributed by atoms with Gasteiger partial charge in [-0.2, -0.15) is 0 Å². The number of aromatic amines is 1. The molecule has 9 nitrogen and oxygen atoms in total. The molecule has 0 unspecified atom stereocenters. The molecule has 0 bridgehead atoms. The Bertz CT molecular complexity index is 916. The van der Waals surface area contributed by atoms with Gasteiger partial charge in [-0.1, -0.05) is 18.2 Å². The van der Waals surface area contributed by atoms with Crippen molar-refractivity contribution in [3.8, 4) is 0 Å². The van der Waals surface area contributed by atoms with E-state index in [1.54, 1.807) is 13.1 Å². The highest BCUT2D eigenvalue weighted by atomic mass is 16.5. The highest BCUT2D eigenvalue weighted by Gasteiger charge is 2.23. The maximum atomic E-state index is 12.1. The molecule has 0 fully saturated rings. The van der Waals surface area contributed by atoms with Crippen molar-refractivity contribution in [3.05, 3.63) is 48.2 Å². The predicted octanol–water partition coefficient (Wildman–Crippen LogP) is 1.03. The zero-order valence-electron chi connectivity index (χ0n) is 16.1. The number of benzene rings is 1. The zero-order chi connectivity index (χ0) is 21.2. The molecule has 0 aliphatic carbocycles. The summed E-state index contributed by atoms with van der Waals surface area (Å²) < 4.78 is 14.1. The number of esters is 3. The average Bonchev–Trinajstić information content (AvgIpc) is 3.13. The lowest BCUT2D eigenvalue weighted by Crippen LogP contribution is -2.44. The molecule has 2 rings (SSSR count). The van der Waals surface area contributed by atoms with E-state index in [9.17, 15) is 19.2 Å². The Hall–Kier alpha value is -3.62. The minimum atomic E-state index is -0.958. The van der Waals surface area contributed by atoms with E-state index < -0.39 is 36.5 Å². The van der Waals surface area contributed by atoms with Crippen molar-refractivity contribution in [3.63, 3.8) is 0 Å². The normalized spacial score (nSPS) is 11.8. The van der Waals surface area contributed by atoms with Crippen LogP contribution in [0, 0.1) is 0 Å². The van der Waals surface area contributed by atoms with Crippen molar-refractivity contribution < 1.29 is 33.4 Å². The molecule has 1 amide bonds. The number of rotatable bonds is 9. The fraction of sp³-hybridized carbons (Fsp3) is 0.300. The van der Waals surface area contributed by atoms with E-state index in [0.29, 0.717) is 0 Å². The number of hydrogen-bond acceptors (Lipinski definition) is 7. The Balaban J connectivity index is 1.94. The second-order valence-electron chi connectivity index (χ2n) is 5.90. The third kappa shape index (κ3) is 6.49. The first-order valence-electron chi connectivity index (χ1n) is 8.88. The van der Waals surface area contributed by atoms with Gasteiger partial charge >= 0.3 is 17.9 Å². The van der Waals surface area contributed by atoms with Crippen molar-refractivity contribution in [1.82, 2.24) is 10.3 Å². The van der Waals surface area contributed by atoms with Gasteiger partial charge in [0.2, 0.25) is 0 Å². The number of hydrogen-bond donors (Lipinski definition) is 2. The second kappa shape index (κ2) is 10.6. The summed E-state index contributed by atoms with van der Waals surface area (Å²) >= 11 is 0. The van der Waals surface area contributed by atoms with Gasteiger partial charge in [-0.15, -0.1) is 0 Å². The van der Waals surface area contributed by atoms with E-state index >= 15 is 0 Å². The monoisotopic (exact) mass is 402 g/mol. The van der Waals surface area contributed by atoms with Gasteiger partial charge < -0.3 is 24.5 Å². The highest BCUT2D eigenvalue weighted by molar-refractivity contribution is 5.93. The van der Waals surface area contributed by atoms with Crippen LogP contribution in [0.3, 0.4) is 0 Å². The topological polar surface area (TPSA) is 124 Å². The van der Waals surface area contributed by atoms with Crippen LogP contribution < -0.4 is 5.32 Å². The molecule has 1 aromatic carbocycles. The van der Waals surface area contributed by atoms with E-state index in [1.807, 2.05) is 24.3 Å². The van der Waals surface area contributed by atoms with Gasteiger partial charge in [-0.05, 0) is 18.6 Å². The molecule has 0 aliphatic rings. The first-order valence-corrected chi connectivity index (χ1v) is 8.88. The molecule has 1 atom stereocenters. The van der Waals surface area contributed by atoms with E-state index in [-0.39, 0.29) is 13.0 Å². The van der Waals surface area contributed by atoms with Gasteiger partial charge in [-0.25, -0.2) is 14.4 Å². The van der Waals surface area contributed by atoms with Crippen LogP contribution >= 0.6 is 0 Å². The number of nitrogens with one attached hydrogen (secondary N) is 2. The van der Waals surface area contributed by atoms with Gasteiger partial charge in [0.05, 0.1) is 13.7 Å². The quantitative estimate of drug-likeness (QED) is 0.365. The summed E-state index contributed by atoms with van der Waals surface area (Å²) in [5.74, 6) is -2.90. The molecule has 9 heteroatoms. The maximum Gasteiger partial charge on any atom is 0.331 e. The fourth-order valence-corrected chi connectivity index (χ4v) is 2.60. The number of carbonyl (C=O) groups excluding carboxylic acids is 4. The summed E-state index contributed by atoms with van der Waals surface area (Å²) in [6, 6.07) is 6.59. The zero-order valence-corrected chi connectivity index (χ0v) is 16.1. The number of fused-ring (bicyclic) bond motifs is 1. The Labute approximate surface area is 167 Å². The molecule has 2 N–H and O–H groups in total. The molecule has 1 heterocycles. The summed E-state index contributed by atoms with van der Waals surface area (Å²) in [4.78, 5) is 49.9. The lowest BCUT2D eigenvalue weighted by atomic mass is 10.0. The fourth-order valence-electron chi connectivity index (χ4n) is 2.60. The number of ether oxygens (including phenoxy) is 3. The molecule has 1 aromatic heterocycles. The average molecular weight is 402 g/mol. The van der Waals surface area contributed by atoms with Crippen LogP contribution in [0.15, 0.2) is 42.6 Å².